The Morgan fingerprint density at radius 3 is 1.02 bits per heavy atom. The molecule has 5 saturated heterocycles. The fraction of sp³-hybridized carbons (Fsp3) is 1.00. The van der Waals surface area contributed by atoms with E-state index in [9.17, 15) is 8.42 Å². The second kappa shape index (κ2) is 15.0. The molecule has 0 aromatic heterocycles. The molecule has 9 fully saturated rings. The quantitative estimate of drug-likeness (QED) is 0.131. The van der Waals surface area contributed by atoms with Crippen LogP contribution in [0.1, 0.15) is 97.7 Å². The van der Waals surface area contributed by atoms with Crippen molar-refractivity contribution in [2.75, 3.05) is 0 Å². The minimum atomic E-state index is -2.51. The summed E-state index contributed by atoms with van der Waals surface area (Å²) in [5, 5.41) is 32.9. The monoisotopic (exact) mass is 713 g/mol. The molecule has 0 radical (unpaired) electrons. The van der Waals surface area contributed by atoms with Gasteiger partial charge in [0.2, 0.25) is 0 Å². The molecule has 14 heteroatoms. The van der Waals surface area contributed by atoms with Crippen LogP contribution in [0.5, 0.6) is 0 Å². The number of fused-ring (bicyclic) bond motifs is 20. The Kier molecular flexibility index (Phi) is 11.6. The van der Waals surface area contributed by atoms with E-state index in [-0.39, 0.29) is 90.3 Å². The third-order valence-corrected chi connectivity index (χ3v) is 14.4. The number of hydrogen-bond acceptors (Lipinski definition) is 12. The fourth-order valence-corrected chi connectivity index (χ4v) is 12.6. The number of rotatable bonds is 2. The van der Waals surface area contributed by atoms with Crippen LogP contribution in [0.25, 0.3) is 0 Å². The average molecular weight is 715 g/mol. The zero-order chi connectivity index (χ0) is 29.4. The Bertz CT molecular complexity index is 1140. The summed E-state index contributed by atoms with van der Waals surface area (Å²) >= 11 is 0. The van der Waals surface area contributed by atoms with Crippen LogP contribution in [0.15, 0.2) is 0 Å². The van der Waals surface area contributed by atoms with Gasteiger partial charge in [-0.05, 0) is 92.8 Å². The molecule has 0 spiro atoms. The van der Waals surface area contributed by atoms with Crippen molar-refractivity contribution in [3.8, 4) is 0 Å². The molecule has 5 aliphatic heterocycles. The Morgan fingerprint density at radius 1 is 0.413 bits per heavy atom. The van der Waals surface area contributed by atoms with Crippen molar-refractivity contribution in [2.45, 2.75) is 152 Å². The topological polar surface area (TPSA) is 140 Å². The first-order valence-electron chi connectivity index (χ1n) is 18.5. The summed E-state index contributed by atoms with van der Waals surface area (Å²) in [7, 11) is -2.51. The van der Waals surface area contributed by atoms with Crippen molar-refractivity contribution in [3.05, 3.63) is 0 Å². The van der Waals surface area contributed by atoms with Gasteiger partial charge >= 0.3 is 29.6 Å². The molecule has 4 aliphatic carbocycles. The molecule has 11 nitrogen and oxygen atoms in total. The first-order valence-corrected chi connectivity index (χ1v) is 19.5. The summed E-state index contributed by atoms with van der Waals surface area (Å²) in [5.41, 5.74) is 0. The maximum atomic E-state index is 11.8. The van der Waals surface area contributed by atoms with Crippen LogP contribution in [-0.2, 0) is 40.1 Å². The molecule has 8 N–H and O–H groups in total. The van der Waals surface area contributed by atoms with Gasteiger partial charge in [-0.15, -0.1) is 0 Å². The molecule has 0 aromatic carbocycles. The number of nitrogens with one attached hydrogen (secondary N) is 8. The Balaban J connectivity index is 0.00000129. The largest absolute Gasteiger partial charge is 1.00 e. The van der Waals surface area contributed by atoms with Gasteiger partial charge in [0.1, 0.15) is 0 Å². The third-order valence-electron chi connectivity index (χ3n) is 14.0. The Hall–Kier alpha value is 1.08. The van der Waals surface area contributed by atoms with E-state index >= 15 is 0 Å². The van der Waals surface area contributed by atoms with E-state index < -0.39 is 11.0 Å². The maximum Gasteiger partial charge on any atom is 1.00 e. The van der Waals surface area contributed by atoms with E-state index in [4.69, 9.17) is 4.18 Å². The predicted molar refractivity (Wildman–Crippen MR) is 167 cm³/mol. The van der Waals surface area contributed by atoms with Gasteiger partial charge < -0.3 is 14.0 Å². The molecule has 0 amide bonds. The summed E-state index contributed by atoms with van der Waals surface area (Å²) in [6, 6.07) is 0. The van der Waals surface area contributed by atoms with E-state index in [1.165, 1.54) is 77.0 Å². The van der Waals surface area contributed by atoms with Gasteiger partial charge in [-0.25, -0.2) is 0 Å². The van der Waals surface area contributed by atoms with Gasteiger partial charge in [-0.2, -0.15) is 0 Å². The molecule has 5 heterocycles. The van der Waals surface area contributed by atoms with Crippen LogP contribution >= 0.6 is 0 Å². The Labute approximate surface area is 310 Å². The molecular weight excluding hydrogens is 658 g/mol. The van der Waals surface area contributed by atoms with E-state index in [1.54, 1.807) is 0 Å². The summed E-state index contributed by atoms with van der Waals surface area (Å²) in [5.74, 6) is 4.16. The third kappa shape index (κ3) is 6.50. The van der Waals surface area contributed by atoms with Crippen LogP contribution in [0, 0.1) is 47.3 Å². The summed E-state index contributed by atoms with van der Waals surface area (Å²) < 4.78 is 29.3. The molecule has 17 unspecified atom stereocenters. The van der Waals surface area contributed by atoms with Crippen LogP contribution < -0.4 is 72.1 Å². The average Bonchev–Trinajstić information content (AvgIpc) is 3.77. The summed E-state index contributed by atoms with van der Waals surface area (Å²) in [6.45, 7) is 0. The molecule has 46 heavy (non-hydrogen) atoms. The molecule has 4 saturated carbocycles. The van der Waals surface area contributed by atoms with E-state index in [2.05, 4.69) is 42.5 Å². The SMILES string of the molecule is O=[S-](=O)OC1CCCC2C3NC4NC(NC5NC(NC6NC(NC(N3)C12)C1CCCCC61)C1CCCCC51)C1CCCCC41.[H-].[Na+].[Ni]. The van der Waals surface area contributed by atoms with Gasteiger partial charge in [0, 0.05) is 28.5 Å². The second-order valence-corrected chi connectivity index (χ2v) is 16.6. The summed E-state index contributed by atoms with van der Waals surface area (Å²) in [6.07, 6.45) is 20.0. The predicted octanol–water partition coefficient (Wildman–Crippen LogP) is -1.06. The zero-order valence-electron chi connectivity index (χ0n) is 28.4. The minimum Gasteiger partial charge on any atom is -1.00 e. The van der Waals surface area contributed by atoms with E-state index in [1.807, 2.05) is 0 Å². The standard InChI is InChI=1S/C32H55N8O3S.Na.Ni.H/c41-44(42)43-23-15-7-14-22-24(23)32-39-30-21-13-6-5-12-20(21)28(37-30)35-26-17-9-2-1-8-16(17)25(33-26)34-27-18-10-3-4-11-19(18)29(36-27)38-31(22)40-32;;;/h16-40H,1-15H2;;;/q-1;+1;;-1. The van der Waals surface area contributed by atoms with Crippen molar-refractivity contribution in [1.29, 1.82) is 0 Å². The van der Waals surface area contributed by atoms with Crippen LogP contribution in [0.3, 0.4) is 0 Å². The van der Waals surface area contributed by atoms with Crippen molar-refractivity contribution >= 4 is 11.0 Å². The molecule has 260 valence electrons. The smallest absolute Gasteiger partial charge is 1.00 e. The normalized spacial score (nSPS) is 52.8. The van der Waals surface area contributed by atoms with Crippen LogP contribution in [0.4, 0.5) is 0 Å². The Morgan fingerprint density at radius 2 is 0.696 bits per heavy atom. The maximum absolute atomic E-state index is 11.8. The molecule has 9 rings (SSSR count). The van der Waals surface area contributed by atoms with Gasteiger partial charge in [0.05, 0.1) is 60.3 Å². The number of hydrogen-bond donors (Lipinski definition) is 8. The zero-order valence-corrected chi connectivity index (χ0v) is 31.2. The van der Waals surface area contributed by atoms with Gasteiger partial charge in [0.15, 0.2) is 0 Å². The molecule has 8 bridgehead atoms. The van der Waals surface area contributed by atoms with Crippen LogP contribution in [-0.4, -0.2) is 55.4 Å². The minimum absolute atomic E-state index is 0. The molecule has 9 aliphatic rings. The fourth-order valence-electron chi connectivity index (χ4n) is 12.2. The van der Waals surface area contributed by atoms with Crippen molar-refractivity contribution in [3.63, 3.8) is 0 Å². The first-order chi connectivity index (χ1) is 21.6. The van der Waals surface area contributed by atoms with Gasteiger partial charge in [0.25, 0.3) is 0 Å². The van der Waals surface area contributed by atoms with Crippen molar-refractivity contribution < 1.29 is 60.1 Å². The molecule has 0 aromatic rings. The van der Waals surface area contributed by atoms with Gasteiger partial charge in [-0.3, -0.25) is 42.5 Å². The van der Waals surface area contributed by atoms with Crippen LogP contribution in [0.2, 0.25) is 0 Å². The van der Waals surface area contributed by atoms with Gasteiger partial charge in [-0.1, -0.05) is 44.9 Å². The van der Waals surface area contributed by atoms with E-state index in [0.717, 1.165) is 19.3 Å². The van der Waals surface area contributed by atoms with Crippen molar-refractivity contribution in [1.82, 2.24) is 42.5 Å². The van der Waals surface area contributed by atoms with E-state index in [0.29, 0.717) is 59.9 Å². The second-order valence-electron chi connectivity index (χ2n) is 16.0. The van der Waals surface area contributed by atoms with Crippen molar-refractivity contribution in [2.24, 2.45) is 47.3 Å². The summed E-state index contributed by atoms with van der Waals surface area (Å²) in [4.78, 5) is 0. The first kappa shape index (κ1) is 35.5. The molecule has 17 atom stereocenters. The molecular formula is C32H56N8NaNiO3S-.